The fourth-order valence-corrected chi connectivity index (χ4v) is 8.38. The van der Waals surface area contributed by atoms with Gasteiger partial charge in [0, 0.05) is 6.20 Å². The van der Waals surface area contributed by atoms with Gasteiger partial charge in [-0.3, -0.25) is 32.4 Å². The Morgan fingerprint density at radius 1 is 0.911 bits per heavy atom. The van der Waals surface area contributed by atoms with Crippen molar-refractivity contribution in [3.05, 3.63) is 35.3 Å². The van der Waals surface area contributed by atoms with E-state index in [0.29, 0.717) is 0 Å². The van der Waals surface area contributed by atoms with Crippen molar-refractivity contribution in [3.8, 4) is 0 Å². The second-order valence-corrected chi connectivity index (χ2v) is 16.0. The summed E-state index contributed by atoms with van der Waals surface area (Å²) in [6, 6.07) is 1.44. The lowest BCUT2D eigenvalue weighted by Gasteiger charge is -2.26. The van der Waals surface area contributed by atoms with Gasteiger partial charge in [-0.05, 0) is 6.07 Å². The van der Waals surface area contributed by atoms with Crippen LogP contribution in [0.5, 0.6) is 0 Å². The van der Waals surface area contributed by atoms with Crippen LogP contribution in [0.1, 0.15) is 12.5 Å². The Kier molecular flexibility index (Phi) is 7.78. The Hall–Kier alpha value is -2.59. The number of aliphatic hydroxyl groups is 2. The highest BCUT2D eigenvalue weighted by atomic mass is 32.7. The van der Waals surface area contributed by atoms with Crippen LogP contribution in [0.15, 0.2) is 29.7 Å². The van der Waals surface area contributed by atoms with E-state index in [1.165, 1.54) is 34.1 Å². The smallest absolute Gasteiger partial charge is 0.386 e. The van der Waals surface area contributed by atoms with Crippen molar-refractivity contribution in [2.24, 2.45) is 0 Å². The van der Waals surface area contributed by atoms with E-state index in [1.54, 1.807) is 0 Å². The Balaban J connectivity index is 1.21. The zero-order valence-electron chi connectivity index (χ0n) is 22.5. The average Bonchev–Trinajstić information content (AvgIpc) is 3.72. The molecule has 4 aromatic heterocycles. The van der Waals surface area contributed by atoms with Crippen LogP contribution in [-0.4, -0.2) is 94.1 Å². The van der Waals surface area contributed by atoms with Crippen molar-refractivity contribution in [3.63, 3.8) is 0 Å². The molecule has 0 saturated carbocycles. The third-order valence-electron chi connectivity index (χ3n) is 7.47. The van der Waals surface area contributed by atoms with Crippen LogP contribution in [0.2, 0.25) is 0 Å². The maximum atomic E-state index is 13.5. The van der Waals surface area contributed by atoms with Crippen LogP contribution in [0.4, 0.5) is 11.8 Å². The number of nitrogens with two attached hydrogens (primary N) is 2. The van der Waals surface area contributed by atoms with Crippen molar-refractivity contribution in [2.45, 2.75) is 49.1 Å². The monoisotopic (exact) mass is 705 g/mol. The minimum Gasteiger partial charge on any atom is -0.387 e. The molecule has 7 heterocycles. The van der Waals surface area contributed by atoms with Crippen molar-refractivity contribution in [1.82, 2.24) is 34.1 Å². The normalized spacial score (nSPS) is 37.7. The molecule has 0 amide bonds. The number of aromatic amines is 1. The second-order valence-electron chi connectivity index (χ2n) is 10.3. The lowest BCUT2D eigenvalue weighted by atomic mass is 10.1. The zero-order chi connectivity index (χ0) is 31.8. The van der Waals surface area contributed by atoms with Gasteiger partial charge in [0.1, 0.15) is 48.5 Å². The summed E-state index contributed by atoms with van der Waals surface area (Å²) in [6.07, 6.45) is -6.99. The fraction of sp³-hybridized carbons (Fsp3) is 0.476. The molecule has 3 aliphatic heterocycles. The van der Waals surface area contributed by atoms with Crippen molar-refractivity contribution in [1.29, 1.82) is 0 Å². The first-order chi connectivity index (χ1) is 21.3. The van der Waals surface area contributed by atoms with Gasteiger partial charge in [-0.2, -0.15) is 4.98 Å². The highest BCUT2D eigenvalue weighted by molar-refractivity contribution is 8.44. The van der Waals surface area contributed by atoms with E-state index in [2.05, 4.69) is 49.4 Å². The number of imidazole rings is 1. The number of nitrogens with zero attached hydrogens (tertiary/aromatic N) is 6. The minimum atomic E-state index is -4.36. The Bertz CT molecular complexity index is 1940. The molecule has 10 atom stereocenters. The predicted octanol–water partition coefficient (Wildman–Crippen LogP) is 0.138. The van der Waals surface area contributed by atoms with E-state index in [0.717, 1.165) is 0 Å². The number of H-pyrrole nitrogens is 1. The summed E-state index contributed by atoms with van der Waals surface area (Å²) in [5.41, 5.74) is 11.6. The van der Waals surface area contributed by atoms with Gasteiger partial charge in [0.15, 0.2) is 29.6 Å². The SMILES string of the molecule is Nc1nc2c(ccn2[C@@H]2O[C@@H]3COP(=O)(S)OC4[C@@H](COP(=O)(S)OC2C3O)O[C@@H](n2cnc3c(N)ncnc32)[C@H]4O)c(=O)[nH]1. The van der Waals surface area contributed by atoms with E-state index in [-0.39, 0.29) is 34.0 Å². The molecule has 242 valence electrons. The second kappa shape index (κ2) is 11.3. The lowest BCUT2D eigenvalue weighted by molar-refractivity contribution is -0.0574. The Labute approximate surface area is 261 Å². The maximum absolute atomic E-state index is 13.5. The molecule has 0 spiro atoms. The molecule has 2 bridgehead atoms. The molecule has 4 aromatic rings. The molecule has 3 saturated heterocycles. The fourth-order valence-electron chi connectivity index (χ4n) is 5.43. The number of aromatic nitrogens is 7. The number of aliphatic hydroxyl groups excluding tert-OH is 2. The molecule has 3 aliphatic rings. The van der Waals surface area contributed by atoms with E-state index < -0.39 is 81.4 Å². The van der Waals surface area contributed by atoms with Crippen molar-refractivity contribution < 1.29 is 46.9 Å². The lowest BCUT2D eigenvalue weighted by Crippen LogP contribution is -2.35. The maximum Gasteiger partial charge on any atom is 0.386 e. The first-order valence-corrected chi connectivity index (χ1v) is 18.5. The van der Waals surface area contributed by atoms with Crippen LogP contribution in [0.25, 0.3) is 22.2 Å². The first kappa shape index (κ1) is 31.0. The molecule has 24 heteroatoms. The van der Waals surface area contributed by atoms with Crippen molar-refractivity contribution >= 4 is 72.1 Å². The van der Waals surface area contributed by atoms with Gasteiger partial charge in [-0.15, -0.1) is 0 Å². The van der Waals surface area contributed by atoms with E-state index in [9.17, 15) is 24.1 Å². The number of rotatable bonds is 2. The number of nitrogens with one attached hydrogen (secondary N) is 1. The standard InChI is InChI=1S/C21H25N9O11P2S2/c22-15-10-17(25-5-24-15)30(6-26-10)19-12(32)13-9(39-19)4-37-43(35,45)41-14-11(31)8(3-36-42(34,44)40-13)38-20(14)29-2-1-7-16(29)27-21(23)28-18(7)33/h1-2,5-6,8-9,11-14,19-20,31-32H,3-4H2,(H,34,44)(H,35,45)(H2,22,24,25)(H3,23,27,28,33)/t8-,9-,11?,12+,13?,14?,19-,20-,42?,43?/m1/s1. The summed E-state index contributed by atoms with van der Waals surface area (Å²) in [7, 11) is 0. The number of anilines is 2. The molecule has 0 aliphatic carbocycles. The van der Waals surface area contributed by atoms with Gasteiger partial charge in [-0.25, -0.2) is 24.1 Å². The number of fused-ring (bicyclic) bond motifs is 5. The van der Waals surface area contributed by atoms with Gasteiger partial charge < -0.3 is 35.7 Å². The highest BCUT2D eigenvalue weighted by Crippen LogP contribution is 2.60. The molecule has 0 aromatic carbocycles. The van der Waals surface area contributed by atoms with Crippen LogP contribution in [0.3, 0.4) is 0 Å². The summed E-state index contributed by atoms with van der Waals surface area (Å²) in [4.78, 5) is 31.1. The van der Waals surface area contributed by atoms with E-state index >= 15 is 0 Å². The summed E-state index contributed by atoms with van der Waals surface area (Å²) in [6.45, 7) is -9.81. The van der Waals surface area contributed by atoms with Crippen LogP contribution < -0.4 is 17.0 Å². The number of hydrogen-bond acceptors (Lipinski definition) is 17. The van der Waals surface area contributed by atoms with Gasteiger partial charge in [0.2, 0.25) is 5.95 Å². The molecule has 45 heavy (non-hydrogen) atoms. The minimum absolute atomic E-state index is 0.0733. The average molecular weight is 706 g/mol. The zero-order valence-corrected chi connectivity index (χ0v) is 26.1. The topological polar surface area (TPSA) is 276 Å². The Morgan fingerprint density at radius 2 is 1.60 bits per heavy atom. The van der Waals surface area contributed by atoms with E-state index in [1.807, 2.05) is 0 Å². The summed E-state index contributed by atoms with van der Waals surface area (Å²) >= 11 is 8.15. The third kappa shape index (κ3) is 5.57. The number of nitrogen functional groups attached to an aromatic ring is 2. The van der Waals surface area contributed by atoms with E-state index in [4.69, 9.17) is 39.0 Å². The van der Waals surface area contributed by atoms with Gasteiger partial charge in [-0.1, -0.05) is 24.5 Å². The van der Waals surface area contributed by atoms with Crippen molar-refractivity contribution in [2.75, 3.05) is 24.7 Å². The predicted molar refractivity (Wildman–Crippen MR) is 159 cm³/mol. The summed E-state index contributed by atoms with van der Waals surface area (Å²) in [5, 5.41) is 22.6. The Morgan fingerprint density at radius 3 is 2.36 bits per heavy atom. The third-order valence-corrected chi connectivity index (χ3v) is 10.7. The molecule has 3 fully saturated rings. The molecular formula is C21H25N9O11P2S2. The first-order valence-electron chi connectivity index (χ1n) is 13.1. The van der Waals surface area contributed by atoms with Gasteiger partial charge in [0.05, 0.1) is 24.9 Å². The number of thiol groups is 2. The largest absolute Gasteiger partial charge is 0.387 e. The molecule has 20 nitrogen and oxygen atoms in total. The number of ether oxygens (including phenoxy) is 2. The van der Waals surface area contributed by atoms with Gasteiger partial charge in [0.25, 0.3) is 5.56 Å². The number of hydrogen-bond donors (Lipinski definition) is 7. The molecule has 5 unspecified atom stereocenters. The van der Waals surface area contributed by atoms with Crippen LogP contribution in [0, 0.1) is 0 Å². The molecule has 7 N–H and O–H groups in total. The van der Waals surface area contributed by atoms with Crippen LogP contribution in [-0.2, 0) is 36.7 Å². The summed E-state index contributed by atoms with van der Waals surface area (Å²) in [5.74, 6) is -0.0980. The quantitative estimate of drug-likeness (QED) is 0.108. The highest BCUT2D eigenvalue weighted by Gasteiger charge is 2.53. The van der Waals surface area contributed by atoms with Gasteiger partial charge >= 0.3 is 13.6 Å². The molecule has 7 rings (SSSR count). The van der Waals surface area contributed by atoms with Crippen LogP contribution >= 0.6 is 38.1 Å². The summed E-state index contributed by atoms with van der Waals surface area (Å²) < 4.78 is 63.9. The molecular weight excluding hydrogens is 680 g/mol. The molecule has 0 radical (unpaired) electrons.